The van der Waals surface area contributed by atoms with E-state index in [1.807, 2.05) is 20.8 Å². The monoisotopic (exact) mass is 390 g/mol. The Morgan fingerprint density at radius 2 is 1.75 bits per heavy atom. The summed E-state index contributed by atoms with van der Waals surface area (Å²) in [6.07, 6.45) is 0.441. The lowest BCUT2D eigenvalue weighted by molar-refractivity contribution is -0.139. The highest BCUT2D eigenvalue weighted by Crippen LogP contribution is 2.58. The van der Waals surface area contributed by atoms with Gasteiger partial charge in [0, 0.05) is 18.8 Å². The highest BCUT2D eigenvalue weighted by atomic mass is 16.5. The van der Waals surface area contributed by atoms with Gasteiger partial charge in [0.15, 0.2) is 5.78 Å². The molecule has 6 heteroatoms. The average molecular weight is 390 g/mol. The number of ether oxygens (including phenoxy) is 1. The standard InChI is InChI=1S/C22H30O6/c1-13(2)22(27)10-9-20(3)12-17(24)21(4,26)11-16(18(20)22)28-19(25)14-5-7-15(23)8-6-14/h5-8,13,16,18,23,26-27H,9-12H2,1-4H3/t16-,18+,20+,21+,22+/m0/s1. The van der Waals surface area contributed by atoms with Gasteiger partial charge in [-0.15, -0.1) is 0 Å². The fourth-order valence-corrected chi connectivity index (χ4v) is 5.11. The molecule has 3 N–H and O–H groups in total. The molecule has 5 atom stereocenters. The van der Waals surface area contributed by atoms with Crippen LogP contribution in [0.25, 0.3) is 0 Å². The molecule has 0 unspecified atom stereocenters. The molecular formula is C22H30O6. The van der Waals surface area contributed by atoms with Crippen molar-refractivity contribution in [2.24, 2.45) is 17.3 Å². The summed E-state index contributed by atoms with van der Waals surface area (Å²) in [4.78, 5) is 25.5. The van der Waals surface area contributed by atoms with Crippen molar-refractivity contribution < 1.29 is 29.6 Å². The first kappa shape index (κ1) is 20.8. The molecular weight excluding hydrogens is 360 g/mol. The third-order valence-corrected chi connectivity index (χ3v) is 6.88. The van der Waals surface area contributed by atoms with Gasteiger partial charge in [-0.25, -0.2) is 4.79 Å². The van der Waals surface area contributed by atoms with Crippen LogP contribution in [0.2, 0.25) is 0 Å². The molecule has 1 aromatic carbocycles. The van der Waals surface area contributed by atoms with Crippen LogP contribution < -0.4 is 0 Å². The summed E-state index contributed by atoms with van der Waals surface area (Å²) in [7, 11) is 0. The predicted molar refractivity (Wildman–Crippen MR) is 103 cm³/mol. The van der Waals surface area contributed by atoms with E-state index in [4.69, 9.17) is 4.74 Å². The van der Waals surface area contributed by atoms with Gasteiger partial charge in [0.05, 0.1) is 11.2 Å². The summed E-state index contributed by atoms with van der Waals surface area (Å²) >= 11 is 0. The van der Waals surface area contributed by atoms with Gasteiger partial charge >= 0.3 is 5.97 Å². The third-order valence-electron chi connectivity index (χ3n) is 6.88. The number of phenolic OH excluding ortho intramolecular Hbond substituents is 1. The summed E-state index contributed by atoms with van der Waals surface area (Å²) < 4.78 is 5.81. The Hall–Kier alpha value is -1.92. The van der Waals surface area contributed by atoms with Crippen LogP contribution in [0.4, 0.5) is 0 Å². The molecule has 6 nitrogen and oxygen atoms in total. The molecule has 154 valence electrons. The van der Waals surface area contributed by atoms with Crippen molar-refractivity contribution in [1.29, 1.82) is 0 Å². The van der Waals surface area contributed by atoms with Crippen molar-refractivity contribution in [3.8, 4) is 5.75 Å². The quantitative estimate of drug-likeness (QED) is 0.686. The number of hydrogen-bond donors (Lipinski definition) is 3. The number of Topliss-reactive ketones (excluding diaryl/α,β-unsaturated/α-hetero) is 1. The largest absolute Gasteiger partial charge is 0.508 e. The second-order valence-electron chi connectivity index (χ2n) is 9.35. The molecule has 0 aromatic heterocycles. The Labute approximate surface area is 165 Å². The van der Waals surface area contributed by atoms with Gasteiger partial charge in [-0.1, -0.05) is 20.8 Å². The van der Waals surface area contributed by atoms with Crippen LogP contribution in [0, 0.1) is 17.3 Å². The maximum Gasteiger partial charge on any atom is 0.338 e. The number of hydrogen-bond acceptors (Lipinski definition) is 6. The summed E-state index contributed by atoms with van der Waals surface area (Å²) in [5.74, 6) is -1.39. The van der Waals surface area contributed by atoms with E-state index in [0.717, 1.165) is 0 Å². The van der Waals surface area contributed by atoms with E-state index in [1.54, 1.807) is 0 Å². The minimum absolute atomic E-state index is 0.0390. The van der Waals surface area contributed by atoms with E-state index in [9.17, 15) is 24.9 Å². The van der Waals surface area contributed by atoms with Gasteiger partial charge in [-0.2, -0.15) is 0 Å². The Balaban J connectivity index is 2.00. The zero-order valence-corrected chi connectivity index (χ0v) is 16.9. The maximum atomic E-state index is 12.8. The SMILES string of the molecule is CC(C)[C@]1(O)CC[C@]2(C)CC(=O)[C@](C)(O)C[C@H](OC(=O)c3ccc(O)cc3)[C@H]21. The predicted octanol–water partition coefficient (Wildman–Crippen LogP) is 2.83. The van der Waals surface area contributed by atoms with Crippen LogP contribution in [0.1, 0.15) is 63.7 Å². The van der Waals surface area contributed by atoms with Crippen LogP contribution in [-0.2, 0) is 9.53 Å². The molecule has 2 fully saturated rings. The Kier molecular flexibility index (Phi) is 5.09. The molecule has 2 aliphatic rings. The molecule has 0 radical (unpaired) electrons. The molecule has 2 saturated carbocycles. The summed E-state index contributed by atoms with van der Waals surface area (Å²) in [6, 6.07) is 5.71. The minimum Gasteiger partial charge on any atom is -0.508 e. The lowest BCUT2D eigenvalue weighted by atomic mass is 9.68. The number of aliphatic hydroxyl groups is 2. The van der Waals surface area contributed by atoms with Gasteiger partial charge in [0.25, 0.3) is 0 Å². The van der Waals surface area contributed by atoms with Gasteiger partial charge in [0.2, 0.25) is 0 Å². The number of phenols is 1. The fourth-order valence-electron chi connectivity index (χ4n) is 5.11. The number of esters is 1. The molecule has 1 aromatic rings. The van der Waals surface area contributed by atoms with Crippen LogP contribution in [0.15, 0.2) is 24.3 Å². The van der Waals surface area contributed by atoms with Crippen molar-refractivity contribution >= 4 is 11.8 Å². The number of ketones is 1. The molecule has 28 heavy (non-hydrogen) atoms. The van der Waals surface area contributed by atoms with Gasteiger partial charge in [0.1, 0.15) is 17.5 Å². The molecule has 0 spiro atoms. The van der Waals surface area contributed by atoms with E-state index in [1.165, 1.54) is 31.2 Å². The summed E-state index contributed by atoms with van der Waals surface area (Å²) in [5.41, 5.74) is -3.00. The van der Waals surface area contributed by atoms with Gasteiger partial charge in [-0.3, -0.25) is 4.79 Å². The summed E-state index contributed by atoms with van der Waals surface area (Å²) in [6.45, 7) is 7.25. The topological polar surface area (TPSA) is 104 Å². The number of rotatable bonds is 3. The first-order valence-electron chi connectivity index (χ1n) is 9.87. The van der Waals surface area contributed by atoms with Crippen LogP contribution in [-0.4, -0.2) is 44.4 Å². The average Bonchev–Trinajstić information content (AvgIpc) is 2.82. The highest BCUT2D eigenvalue weighted by Gasteiger charge is 2.63. The van der Waals surface area contributed by atoms with Crippen molar-refractivity contribution in [3.63, 3.8) is 0 Å². The van der Waals surface area contributed by atoms with Crippen molar-refractivity contribution in [2.75, 3.05) is 0 Å². The Morgan fingerprint density at radius 3 is 2.32 bits per heavy atom. The van der Waals surface area contributed by atoms with E-state index < -0.39 is 34.6 Å². The second kappa shape index (κ2) is 6.85. The van der Waals surface area contributed by atoms with Crippen molar-refractivity contribution in [2.45, 2.75) is 70.7 Å². The first-order valence-corrected chi connectivity index (χ1v) is 9.87. The number of aromatic hydroxyl groups is 1. The van der Waals surface area contributed by atoms with Gasteiger partial charge < -0.3 is 20.1 Å². The minimum atomic E-state index is -1.62. The molecule has 0 bridgehead atoms. The molecule has 0 amide bonds. The molecule has 2 aliphatic carbocycles. The lowest BCUT2D eigenvalue weighted by Crippen LogP contribution is -2.50. The van der Waals surface area contributed by atoms with E-state index in [2.05, 4.69) is 0 Å². The normalized spacial score (nSPS) is 38.2. The van der Waals surface area contributed by atoms with Crippen molar-refractivity contribution in [3.05, 3.63) is 29.8 Å². The second-order valence-corrected chi connectivity index (χ2v) is 9.35. The third kappa shape index (κ3) is 3.44. The van der Waals surface area contributed by atoms with Crippen LogP contribution in [0.5, 0.6) is 5.75 Å². The Morgan fingerprint density at radius 1 is 1.14 bits per heavy atom. The zero-order chi connectivity index (χ0) is 20.9. The Bertz CT molecular complexity index is 768. The molecule has 3 rings (SSSR count). The van der Waals surface area contributed by atoms with E-state index >= 15 is 0 Å². The van der Waals surface area contributed by atoms with Gasteiger partial charge in [-0.05, 0) is 55.4 Å². The summed E-state index contributed by atoms with van der Waals surface area (Å²) in [5, 5.41) is 31.6. The van der Waals surface area contributed by atoms with Crippen molar-refractivity contribution in [1.82, 2.24) is 0 Å². The molecule has 0 saturated heterocycles. The maximum absolute atomic E-state index is 12.8. The first-order chi connectivity index (χ1) is 12.9. The molecule has 0 aliphatic heterocycles. The smallest absolute Gasteiger partial charge is 0.338 e. The number of fused-ring (bicyclic) bond motifs is 1. The number of benzene rings is 1. The lowest BCUT2D eigenvalue weighted by Gasteiger charge is -2.43. The number of carbonyl (C=O) groups is 2. The zero-order valence-electron chi connectivity index (χ0n) is 16.9. The van der Waals surface area contributed by atoms with E-state index in [0.29, 0.717) is 12.8 Å². The molecule has 0 heterocycles. The highest BCUT2D eigenvalue weighted by molar-refractivity contribution is 5.90. The van der Waals surface area contributed by atoms with E-state index in [-0.39, 0.29) is 35.9 Å². The fraction of sp³-hybridized carbons (Fsp3) is 0.636. The van der Waals surface area contributed by atoms with Crippen LogP contribution in [0.3, 0.4) is 0 Å². The van der Waals surface area contributed by atoms with Crippen LogP contribution >= 0.6 is 0 Å². The number of carbonyl (C=O) groups excluding carboxylic acids is 2.